The van der Waals surface area contributed by atoms with Crippen LogP contribution in [0, 0.1) is 6.92 Å². The van der Waals surface area contributed by atoms with Crippen molar-refractivity contribution < 1.29 is 4.79 Å². The van der Waals surface area contributed by atoms with E-state index in [0.29, 0.717) is 11.5 Å². The predicted molar refractivity (Wildman–Crippen MR) is 66.3 cm³/mol. The summed E-state index contributed by atoms with van der Waals surface area (Å²) in [6.45, 7) is 1.76. The van der Waals surface area contributed by atoms with Crippen molar-refractivity contribution in [2.75, 3.05) is 0 Å². The van der Waals surface area contributed by atoms with Crippen LogP contribution >= 0.6 is 34.8 Å². The van der Waals surface area contributed by atoms with Gasteiger partial charge >= 0.3 is 0 Å². The monoisotopic (exact) mass is 289 g/mol. The van der Waals surface area contributed by atoms with E-state index >= 15 is 0 Å². The maximum atomic E-state index is 11.1. The van der Waals surface area contributed by atoms with Crippen molar-refractivity contribution in [3.05, 3.63) is 39.9 Å². The molecular formula is C10H6Cl3N3O. The van der Waals surface area contributed by atoms with Crippen LogP contribution in [-0.4, -0.2) is 20.0 Å². The Morgan fingerprint density at radius 2 is 1.88 bits per heavy atom. The van der Waals surface area contributed by atoms with E-state index in [4.69, 9.17) is 34.8 Å². The van der Waals surface area contributed by atoms with E-state index in [0.717, 1.165) is 0 Å². The molecule has 0 amide bonds. The second-order valence-corrected chi connectivity index (χ2v) is 4.45. The fraction of sp³-hybridized carbons (Fsp3) is 0.100. The normalized spacial score (nSPS) is 10.6. The van der Waals surface area contributed by atoms with Crippen LogP contribution in [0.1, 0.15) is 16.2 Å². The average molecular weight is 291 g/mol. The smallest absolute Gasteiger partial charge is 0.255 e. The van der Waals surface area contributed by atoms with E-state index in [9.17, 15) is 4.79 Å². The zero-order valence-electron chi connectivity index (χ0n) is 8.62. The fourth-order valence-electron chi connectivity index (χ4n) is 1.35. The van der Waals surface area contributed by atoms with Gasteiger partial charge in [-0.05, 0) is 30.7 Å². The first-order chi connectivity index (χ1) is 7.99. The Kier molecular flexibility index (Phi) is 3.38. The maximum Gasteiger partial charge on any atom is 0.255 e. The van der Waals surface area contributed by atoms with Crippen LogP contribution in [0.2, 0.25) is 10.0 Å². The van der Waals surface area contributed by atoms with Gasteiger partial charge in [0.05, 0.1) is 21.3 Å². The first kappa shape index (κ1) is 12.4. The lowest BCUT2D eigenvalue weighted by Crippen LogP contribution is -1.99. The van der Waals surface area contributed by atoms with Gasteiger partial charge in [-0.2, -0.15) is 5.10 Å². The summed E-state index contributed by atoms with van der Waals surface area (Å²) in [5.74, 6) is 0.620. The van der Waals surface area contributed by atoms with Gasteiger partial charge in [0.15, 0.2) is 0 Å². The lowest BCUT2D eigenvalue weighted by atomic mass is 10.2. The van der Waals surface area contributed by atoms with Crippen molar-refractivity contribution in [1.82, 2.24) is 14.8 Å². The molecule has 0 saturated heterocycles. The number of benzene rings is 1. The summed E-state index contributed by atoms with van der Waals surface area (Å²) in [7, 11) is 0. The predicted octanol–water partition coefficient (Wildman–Crippen LogP) is 3.26. The van der Waals surface area contributed by atoms with Crippen molar-refractivity contribution in [3.63, 3.8) is 0 Å². The summed E-state index contributed by atoms with van der Waals surface area (Å²) >= 11 is 17.2. The van der Waals surface area contributed by atoms with Crippen molar-refractivity contribution in [2.45, 2.75) is 6.92 Å². The summed E-state index contributed by atoms with van der Waals surface area (Å²) in [5, 5.41) is 3.78. The van der Waals surface area contributed by atoms with Gasteiger partial charge in [-0.25, -0.2) is 9.67 Å². The van der Waals surface area contributed by atoms with Gasteiger partial charge in [0, 0.05) is 0 Å². The fourth-order valence-corrected chi connectivity index (χ4v) is 2.30. The minimum absolute atomic E-state index is 0.0931. The van der Waals surface area contributed by atoms with Crippen LogP contribution in [0.5, 0.6) is 0 Å². The molecule has 0 fully saturated rings. The molecule has 0 unspecified atom stereocenters. The van der Waals surface area contributed by atoms with Gasteiger partial charge in [-0.3, -0.25) is 4.79 Å². The molecule has 0 aliphatic heterocycles. The van der Waals surface area contributed by atoms with E-state index in [1.165, 1.54) is 11.0 Å². The number of rotatable bonds is 2. The maximum absolute atomic E-state index is 11.1. The molecule has 2 aromatic rings. The second kappa shape index (κ2) is 4.64. The summed E-state index contributed by atoms with van der Waals surface area (Å²) in [6.07, 6.45) is 1.53. The molecule has 0 bridgehead atoms. The number of hydrogen-bond acceptors (Lipinski definition) is 3. The van der Waals surface area contributed by atoms with E-state index in [1.54, 1.807) is 19.1 Å². The van der Waals surface area contributed by atoms with Crippen molar-refractivity contribution in [1.29, 1.82) is 0 Å². The second-order valence-electron chi connectivity index (χ2n) is 3.29. The van der Waals surface area contributed by atoms with E-state index in [1.807, 2.05) is 0 Å². The van der Waals surface area contributed by atoms with Crippen LogP contribution in [0.3, 0.4) is 0 Å². The highest BCUT2D eigenvalue weighted by atomic mass is 35.5. The lowest BCUT2D eigenvalue weighted by Gasteiger charge is -2.06. The zero-order chi connectivity index (χ0) is 12.6. The van der Waals surface area contributed by atoms with Gasteiger partial charge < -0.3 is 0 Å². The molecule has 2 rings (SSSR count). The number of nitrogens with zero attached hydrogens (tertiary/aromatic N) is 3. The molecule has 0 spiro atoms. The molecule has 0 N–H and O–H groups in total. The molecule has 17 heavy (non-hydrogen) atoms. The Hall–Kier alpha value is -1.10. The molecule has 0 aliphatic carbocycles. The molecule has 1 aromatic heterocycles. The van der Waals surface area contributed by atoms with E-state index in [2.05, 4.69) is 10.1 Å². The van der Waals surface area contributed by atoms with Gasteiger partial charge in [0.2, 0.25) is 0 Å². The molecule has 1 heterocycles. The highest BCUT2D eigenvalue weighted by Crippen LogP contribution is 2.29. The van der Waals surface area contributed by atoms with Gasteiger partial charge in [-0.15, -0.1) is 0 Å². The van der Waals surface area contributed by atoms with Crippen LogP contribution < -0.4 is 0 Å². The number of halogens is 3. The Morgan fingerprint density at radius 3 is 2.29 bits per heavy atom. The van der Waals surface area contributed by atoms with Crippen LogP contribution in [0.4, 0.5) is 0 Å². The third kappa shape index (κ3) is 2.44. The lowest BCUT2D eigenvalue weighted by molar-refractivity contribution is 0.108. The molecule has 7 heteroatoms. The minimum atomic E-state index is -0.693. The highest BCUT2D eigenvalue weighted by molar-refractivity contribution is 6.70. The molecule has 0 atom stereocenters. The Morgan fingerprint density at radius 1 is 1.29 bits per heavy atom. The van der Waals surface area contributed by atoms with Crippen molar-refractivity contribution in [3.8, 4) is 5.69 Å². The Labute approximate surface area is 112 Å². The SMILES string of the molecule is Cc1ncn(-c2cc(Cl)c(C(=O)Cl)c(Cl)c2)n1. The Balaban J connectivity index is 2.56. The van der Waals surface area contributed by atoms with Crippen LogP contribution in [-0.2, 0) is 0 Å². The molecule has 0 aliphatic rings. The summed E-state index contributed by atoms with van der Waals surface area (Å²) in [4.78, 5) is 15.1. The molecule has 88 valence electrons. The number of carbonyl (C=O) groups excluding carboxylic acids is 1. The minimum Gasteiger partial charge on any atom is -0.275 e. The molecular weight excluding hydrogens is 284 g/mol. The molecule has 1 aromatic carbocycles. The first-order valence-electron chi connectivity index (χ1n) is 4.56. The van der Waals surface area contributed by atoms with Crippen LogP contribution in [0.25, 0.3) is 5.69 Å². The van der Waals surface area contributed by atoms with Crippen LogP contribution in [0.15, 0.2) is 18.5 Å². The van der Waals surface area contributed by atoms with Gasteiger partial charge in [-0.1, -0.05) is 23.2 Å². The number of hydrogen-bond donors (Lipinski definition) is 0. The van der Waals surface area contributed by atoms with E-state index in [-0.39, 0.29) is 15.6 Å². The topological polar surface area (TPSA) is 47.8 Å². The van der Waals surface area contributed by atoms with Crippen molar-refractivity contribution in [2.24, 2.45) is 0 Å². The third-order valence-corrected chi connectivity index (χ3v) is 2.88. The zero-order valence-corrected chi connectivity index (χ0v) is 10.9. The largest absolute Gasteiger partial charge is 0.275 e. The highest BCUT2D eigenvalue weighted by Gasteiger charge is 2.15. The first-order valence-corrected chi connectivity index (χ1v) is 5.70. The standard InChI is InChI=1S/C10H6Cl3N3O/c1-5-14-4-16(15-5)6-2-7(11)9(10(13)17)8(12)3-6/h2-4H,1H3. The van der Waals surface area contributed by atoms with Gasteiger partial charge in [0.25, 0.3) is 5.24 Å². The number of carbonyl (C=O) groups is 1. The summed E-state index contributed by atoms with van der Waals surface area (Å²) in [6, 6.07) is 3.11. The number of aromatic nitrogens is 3. The van der Waals surface area contributed by atoms with E-state index < -0.39 is 5.24 Å². The average Bonchev–Trinajstić information content (AvgIpc) is 2.63. The third-order valence-electron chi connectivity index (χ3n) is 2.09. The number of aryl methyl sites for hydroxylation is 1. The quantitative estimate of drug-likeness (QED) is 0.798. The summed E-state index contributed by atoms with van der Waals surface area (Å²) < 4.78 is 1.51. The molecule has 4 nitrogen and oxygen atoms in total. The van der Waals surface area contributed by atoms with Gasteiger partial charge in [0.1, 0.15) is 12.2 Å². The summed E-state index contributed by atoms with van der Waals surface area (Å²) in [5.41, 5.74) is 0.706. The van der Waals surface area contributed by atoms with Crippen molar-refractivity contribution >= 4 is 40.0 Å². The Bertz CT molecular complexity index is 571. The molecule has 0 saturated carbocycles. The molecule has 0 radical (unpaired) electrons.